The fourth-order valence-electron chi connectivity index (χ4n) is 4.08. The molecule has 1 aromatic carbocycles. The number of hydrogen-bond acceptors (Lipinski definition) is 6. The fraction of sp³-hybridized carbons (Fsp3) is 0.409. The number of halogens is 2. The predicted molar refractivity (Wildman–Crippen MR) is 110 cm³/mol. The van der Waals surface area contributed by atoms with Crippen molar-refractivity contribution in [3.63, 3.8) is 0 Å². The van der Waals surface area contributed by atoms with E-state index in [9.17, 15) is 23.2 Å². The first-order valence-corrected chi connectivity index (χ1v) is 10.6. The first kappa shape index (κ1) is 21.5. The standard InChI is InChI=1S/C22H22F2N4O5/c1-11-10-32-16-9-27-8-14(20(30)26-7-12-2-3-13(23)6-15(12)24)18(29)19(33-22(25)4-5-22)17(27)21(31)28(11)16/h2-3,6,8,11,16H,4-5,7,9-10,25H2,1H3,(H,26,30)/t11-,16+/m0/s1. The van der Waals surface area contributed by atoms with Crippen molar-refractivity contribution in [3.05, 3.63) is 63.1 Å². The number of fused-ring (bicyclic) bond motifs is 2. The maximum absolute atomic E-state index is 13.9. The number of nitrogens with zero attached hydrogens (tertiary/aromatic N) is 2. The van der Waals surface area contributed by atoms with Gasteiger partial charge < -0.3 is 24.3 Å². The summed E-state index contributed by atoms with van der Waals surface area (Å²) in [5.74, 6) is -3.07. The van der Waals surface area contributed by atoms with Gasteiger partial charge in [-0.1, -0.05) is 6.07 Å². The molecule has 5 rings (SSSR count). The Balaban J connectivity index is 1.51. The molecule has 0 unspecified atom stereocenters. The Hall–Kier alpha value is -3.31. The minimum absolute atomic E-state index is 0.0199. The minimum atomic E-state index is -1.07. The van der Waals surface area contributed by atoms with Crippen LogP contribution in [-0.4, -0.2) is 45.9 Å². The fourth-order valence-corrected chi connectivity index (χ4v) is 4.08. The first-order chi connectivity index (χ1) is 15.7. The summed E-state index contributed by atoms with van der Waals surface area (Å²) in [6.07, 6.45) is 1.75. The van der Waals surface area contributed by atoms with E-state index in [0.29, 0.717) is 25.5 Å². The van der Waals surface area contributed by atoms with Crippen molar-refractivity contribution in [2.75, 3.05) is 6.61 Å². The van der Waals surface area contributed by atoms with E-state index in [1.807, 2.05) is 6.92 Å². The molecule has 2 fully saturated rings. The number of nitrogens with two attached hydrogens (primary N) is 1. The predicted octanol–water partition coefficient (Wildman–Crippen LogP) is 1.08. The van der Waals surface area contributed by atoms with Gasteiger partial charge in [0.25, 0.3) is 11.8 Å². The van der Waals surface area contributed by atoms with Gasteiger partial charge in [0.2, 0.25) is 5.43 Å². The Morgan fingerprint density at radius 3 is 2.79 bits per heavy atom. The summed E-state index contributed by atoms with van der Waals surface area (Å²) in [7, 11) is 0. The lowest BCUT2D eigenvalue weighted by Gasteiger charge is -2.34. The number of ether oxygens (including phenoxy) is 2. The molecule has 3 N–H and O–H groups in total. The van der Waals surface area contributed by atoms with E-state index in [4.69, 9.17) is 15.2 Å². The molecule has 0 bridgehead atoms. The number of amides is 2. The Labute approximate surface area is 187 Å². The van der Waals surface area contributed by atoms with Crippen LogP contribution in [-0.2, 0) is 17.8 Å². The molecule has 1 saturated carbocycles. The van der Waals surface area contributed by atoms with Gasteiger partial charge in [-0.25, -0.2) is 8.78 Å². The molecule has 2 amide bonds. The molecule has 3 aliphatic rings. The van der Waals surface area contributed by atoms with Gasteiger partial charge in [-0.2, -0.15) is 0 Å². The van der Waals surface area contributed by atoms with E-state index in [2.05, 4.69) is 5.32 Å². The highest BCUT2D eigenvalue weighted by Gasteiger charge is 2.47. The van der Waals surface area contributed by atoms with Crippen molar-refractivity contribution in [2.45, 2.75) is 50.8 Å². The molecule has 0 radical (unpaired) electrons. The largest absolute Gasteiger partial charge is 0.466 e. The van der Waals surface area contributed by atoms with Crippen LogP contribution in [0.3, 0.4) is 0 Å². The summed E-state index contributed by atoms with van der Waals surface area (Å²) in [5, 5.41) is 2.47. The summed E-state index contributed by atoms with van der Waals surface area (Å²) < 4.78 is 39.9. The van der Waals surface area contributed by atoms with E-state index < -0.39 is 40.8 Å². The molecule has 1 saturated heterocycles. The summed E-state index contributed by atoms with van der Waals surface area (Å²) in [5.41, 5.74) is 4.00. The zero-order chi connectivity index (χ0) is 23.5. The summed E-state index contributed by atoms with van der Waals surface area (Å²) in [6, 6.07) is 2.80. The summed E-state index contributed by atoms with van der Waals surface area (Å²) >= 11 is 0. The van der Waals surface area contributed by atoms with E-state index in [1.54, 1.807) is 4.90 Å². The molecule has 11 heteroatoms. The maximum Gasteiger partial charge on any atom is 0.276 e. The molecule has 2 aliphatic heterocycles. The van der Waals surface area contributed by atoms with Crippen LogP contribution in [0.4, 0.5) is 8.78 Å². The highest BCUT2D eigenvalue weighted by atomic mass is 19.1. The Morgan fingerprint density at radius 1 is 1.33 bits per heavy atom. The van der Waals surface area contributed by atoms with Crippen LogP contribution < -0.4 is 21.2 Å². The molecule has 3 heterocycles. The SMILES string of the molecule is C[C@H]1CO[C@@H]2Cn3cc(C(=O)NCc4ccc(F)cc4F)c(=O)c(OC4(N)CC4)c3C(=O)N12. The normalized spacial score (nSPS) is 22.5. The third-order valence-corrected chi connectivity index (χ3v) is 6.09. The zero-order valence-corrected chi connectivity index (χ0v) is 17.8. The Morgan fingerprint density at radius 2 is 2.09 bits per heavy atom. The lowest BCUT2D eigenvalue weighted by atomic mass is 10.1. The summed E-state index contributed by atoms with van der Waals surface area (Å²) in [4.78, 5) is 40.9. The van der Waals surface area contributed by atoms with Gasteiger partial charge in [-0.15, -0.1) is 0 Å². The van der Waals surface area contributed by atoms with Crippen molar-refractivity contribution in [2.24, 2.45) is 5.73 Å². The van der Waals surface area contributed by atoms with Gasteiger partial charge in [-0.05, 0) is 13.0 Å². The monoisotopic (exact) mass is 460 g/mol. The van der Waals surface area contributed by atoms with E-state index >= 15 is 0 Å². The van der Waals surface area contributed by atoms with Gasteiger partial charge in [-0.3, -0.25) is 20.1 Å². The lowest BCUT2D eigenvalue weighted by molar-refractivity contribution is 0.00569. The van der Waals surface area contributed by atoms with Crippen LogP contribution in [0.5, 0.6) is 5.75 Å². The Kier molecular flexibility index (Phi) is 4.98. The number of aromatic nitrogens is 1. The van der Waals surface area contributed by atoms with E-state index in [-0.39, 0.29) is 41.7 Å². The number of carbonyl (C=O) groups excluding carboxylic acids is 2. The van der Waals surface area contributed by atoms with Gasteiger partial charge in [0.1, 0.15) is 17.2 Å². The highest BCUT2D eigenvalue weighted by molar-refractivity contribution is 5.99. The molecular weight excluding hydrogens is 438 g/mol. The van der Waals surface area contributed by atoms with E-state index in [1.165, 1.54) is 16.8 Å². The molecule has 2 atom stereocenters. The van der Waals surface area contributed by atoms with Crippen molar-refractivity contribution < 1.29 is 27.8 Å². The quantitative estimate of drug-likeness (QED) is 0.646. The number of carbonyl (C=O) groups is 2. The van der Waals surface area contributed by atoms with Gasteiger partial charge in [0, 0.05) is 37.2 Å². The second-order valence-corrected chi connectivity index (χ2v) is 8.64. The van der Waals surface area contributed by atoms with E-state index in [0.717, 1.165) is 6.07 Å². The molecule has 0 spiro atoms. The lowest BCUT2D eigenvalue weighted by Crippen LogP contribution is -2.50. The highest BCUT2D eigenvalue weighted by Crippen LogP contribution is 2.37. The first-order valence-electron chi connectivity index (χ1n) is 10.6. The van der Waals surface area contributed by atoms with Crippen molar-refractivity contribution >= 4 is 11.8 Å². The van der Waals surface area contributed by atoms with Crippen LogP contribution >= 0.6 is 0 Å². The molecular formula is C22H22F2N4O5. The molecule has 2 aromatic rings. The summed E-state index contributed by atoms with van der Waals surface area (Å²) in [6.45, 7) is 2.13. The van der Waals surface area contributed by atoms with Crippen molar-refractivity contribution in [3.8, 4) is 5.75 Å². The zero-order valence-electron chi connectivity index (χ0n) is 17.8. The van der Waals surface area contributed by atoms with Crippen LogP contribution in [0.15, 0.2) is 29.2 Å². The smallest absolute Gasteiger partial charge is 0.276 e. The number of nitrogens with one attached hydrogen (secondary N) is 1. The maximum atomic E-state index is 13.9. The second-order valence-electron chi connectivity index (χ2n) is 8.64. The van der Waals surface area contributed by atoms with Crippen LogP contribution in [0.2, 0.25) is 0 Å². The third-order valence-electron chi connectivity index (χ3n) is 6.09. The number of pyridine rings is 1. The van der Waals surface area contributed by atoms with Gasteiger partial charge in [0.15, 0.2) is 23.4 Å². The topological polar surface area (TPSA) is 116 Å². The molecule has 9 nitrogen and oxygen atoms in total. The van der Waals surface area contributed by atoms with Crippen LogP contribution in [0, 0.1) is 11.6 Å². The molecule has 33 heavy (non-hydrogen) atoms. The van der Waals surface area contributed by atoms with Crippen LogP contribution in [0.25, 0.3) is 0 Å². The molecule has 174 valence electrons. The molecule has 1 aliphatic carbocycles. The third kappa shape index (κ3) is 3.76. The minimum Gasteiger partial charge on any atom is -0.466 e. The second kappa shape index (κ2) is 7.63. The Bertz CT molecular complexity index is 1230. The van der Waals surface area contributed by atoms with Crippen molar-refractivity contribution in [1.29, 1.82) is 0 Å². The van der Waals surface area contributed by atoms with Crippen molar-refractivity contribution in [1.82, 2.24) is 14.8 Å². The number of hydrogen-bond donors (Lipinski definition) is 2. The van der Waals surface area contributed by atoms with Crippen LogP contribution in [0.1, 0.15) is 46.2 Å². The average molecular weight is 460 g/mol. The van der Waals surface area contributed by atoms with Gasteiger partial charge in [0.05, 0.1) is 19.2 Å². The molecule has 1 aromatic heterocycles. The number of rotatable bonds is 5. The average Bonchev–Trinajstić information content (AvgIpc) is 3.37. The number of benzene rings is 1. The van der Waals surface area contributed by atoms with Gasteiger partial charge >= 0.3 is 0 Å².